The van der Waals surface area contributed by atoms with Crippen molar-refractivity contribution in [1.29, 1.82) is 0 Å². The summed E-state index contributed by atoms with van der Waals surface area (Å²) in [5.74, 6) is 0.918. The first-order chi connectivity index (χ1) is 13.4. The van der Waals surface area contributed by atoms with Gasteiger partial charge in [-0.25, -0.2) is 9.78 Å². The second-order valence-corrected chi connectivity index (χ2v) is 8.89. The van der Waals surface area contributed by atoms with Gasteiger partial charge in [-0.1, -0.05) is 6.07 Å². The number of alkyl carbamates (subject to hydrolysis) is 1. The van der Waals surface area contributed by atoms with Crippen molar-refractivity contribution >= 4 is 12.0 Å². The van der Waals surface area contributed by atoms with Crippen LogP contribution in [0, 0.1) is 18.8 Å². The Kier molecular flexibility index (Phi) is 5.04. The number of nitrogens with zero attached hydrogens (tertiary/aromatic N) is 1. The lowest BCUT2D eigenvalue weighted by atomic mass is 9.50. The van der Waals surface area contributed by atoms with Crippen LogP contribution < -0.4 is 10.6 Å². The van der Waals surface area contributed by atoms with Crippen LogP contribution in [0.4, 0.5) is 4.79 Å². The monoisotopic (exact) mass is 387 g/mol. The molecule has 4 aliphatic rings. The van der Waals surface area contributed by atoms with Crippen LogP contribution in [0.5, 0.6) is 0 Å². The van der Waals surface area contributed by atoms with Gasteiger partial charge in [-0.2, -0.15) is 0 Å². The van der Waals surface area contributed by atoms with E-state index < -0.39 is 0 Å². The van der Waals surface area contributed by atoms with Crippen molar-refractivity contribution in [1.82, 2.24) is 15.6 Å². The molecule has 1 heterocycles. The molecule has 4 aliphatic carbocycles. The molecule has 0 aromatic carbocycles. The number of methoxy groups -OCH3 is 1. The Morgan fingerprint density at radius 3 is 2.43 bits per heavy atom. The number of carbonyl (C=O) groups excluding carboxylic acids is 2. The minimum absolute atomic E-state index is 0.122. The Bertz CT molecular complexity index is 752. The molecule has 28 heavy (non-hydrogen) atoms. The highest BCUT2D eigenvalue weighted by atomic mass is 16.6. The van der Waals surface area contributed by atoms with Gasteiger partial charge in [0.1, 0.15) is 12.3 Å². The Labute approximate surface area is 165 Å². The molecule has 0 radical (unpaired) electrons. The maximum atomic E-state index is 12.9. The molecular formula is C21H29N3O4. The summed E-state index contributed by atoms with van der Waals surface area (Å²) in [7, 11) is 1.58. The molecule has 4 fully saturated rings. The van der Waals surface area contributed by atoms with Crippen molar-refractivity contribution < 1.29 is 19.1 Å². The maximum Gasteiger partial charge on any atom is 0.407 e. The second-order valence-electron chi connectivity index (χ2n) is 8.89. The third-order valence-electron chi connectivity index (χ3n) is 6.45. The number of rotatable bonds is 6. The van der Waals surface area contributed by atoms with Crippen LogP contribution in [0.1, 0.15) is 54.7 Å². The number of amides is 2. The van der Waals surface area contributed by atoms with E-state index in [1.807, 2.05) is 19.1 Å². The average molecular weight is 387 g/mol. The topological polar surface area (TPSA) is 89.5 Å². The second kappa shape index (κ2) is 7.35. The highest BCUT2D eigenvalue weighted by Gasteiger charge is 2.59. The third kappa shape index (κ3) is 3.85. The molecule has 0 aliphatic heterocycles. The lowest BCUT2D eigenvalue weighted by Gasteiger charge is -2.62. The van der Waals surface area contributed by atoms with Crippen molar-refractivity contribution in [3.8, 4) is 0 Å². The number of ether oxygens (including phenoxy) is 2. The predicted molar refractivity (Wildman–Crippen MR) is 103 cm³/mol. The van der Waals surface area contributed by atoms with E-state index >= 15 is 0 Å². The lowest BCUT2D eigenvalue weighted by molar-refractivity contribution is -0.0474. The number of hydrogen-bond acceptors (Lipinski definition) is 5. The van der Waals surface area contributed by atoms with E-state index in [1.165, 1.54) is 6.42 Å². The van der Waals surface area contributed by atoms with E-state index in [4.69, 9.17) is 9.47 Å². The molecule has 4 saturated carbocycles. The summed E-state index contributed by atoms with van der Waals surface area (Å²) in [6.45, 7) is 2.51. The normalized spacial score (nSPS) is 32.8. The van der Waals surface area contributed by atoms with Crippen LogP contribution in [0.25, 0.3) is 0 Å². The van der Waals surface area contributed by atoms with Crippen LogP contribution in [0.3, 0.4) is 0 Å². The van der Waals surface area contributed by atoms with E-state index in [-0.39, 0.29) is 29.7 Å². The van der Waals surface area contributed by atoms with E-state index in [0.717, 1.165) is 37.8 Å². The van der Waals surface area contributed by atoms with Crippen LogP contribution in [0.15, 0.2) is 18.2 Å². The van der Waals surface area contributed by atoms with Gasteiger partial charge in [-0.15, -0.1) is 0 Å². The molecular weight excluding hydrogens is 358 g/mol. The minimum Gasteiger partial charge on any atom is -0.447 e. The van der Waals surface area contributed by atoms with Gasteiger partial charge in [-0.3, -0.25) is 4.79 Å². The molecule has 2 atom stereocenters. The largest absolute Gasteiger partial charge is 0.447 e. The van der Waals surface area contributed by atoms with Crippen molar-refractivity contribution in [2.75, 3.05) is 20.3 Å². The van der Waals surface area contributed by atoms with Crippen LogP contribution in [0.2, 0.25) is 0 Å². The number of aromatic nitrogens is 1. The summed E-state index contributed by atoms with van der Waals surface area (Å²) in [6.07, 6.45) is 5.42. The van der Waals surface area contributed by atoms with Crippen LogP contribution >= 0.6 is 0 Å². The molecule has 7 heteroatoms. The van der Waals surface area contributed by atoms with Crippen molar-refractivity contribution in [2.45, 2.75) is 56.5 Å². The first-order valence-corrected chi connectivity index (χ1v) is 10.1. The minimum atomic E-state index is -0.388. The van der Waals surface area contributed by atoms with Gasteiger partial charge in [0.05, 0.1) is 6.61 Å². The number of pyridine rings is 1. The fraction of sp³-hybridized carbons (Fsp3) is 0.667. The quantitative estimate of drug-likeness (QED) is 0.733. The maximum absolute atomic E-state index is 12.9. The number of aryl methyl sites for hydroxylation is 1. The lowest BCUT2D eigenvalue weighted by Crippen LogP contribution is -2.70. The molecule has 5 rings (SSSR count). The molecule has 152 valence electrons. The molecule has 1 aromatic heterocycles. The predicted octanol–water partition coefficient (Wildman–Crippen LogP) is 2.58. The van der Waals surface area contributed by atoms with Crippen molar-refractivity contribution in [2.24, 2.45) is 11.8 Å². The smallest absolute Gasteiger partial charge is 0.407 e. The average Bonchev–Trinajstić information content (AvgIpc) is 2.60. The fourth-order valence-electron chi connectivity index (χ4n) is 6.00. The van der Waals surface area contributed by atoms with Gasteiger partial charge in [0.15, 0.2) is 0 Å². The molecule has 0 saturated heterocycles. The summed E-state index contributed by atoms with van der Waals surface area (Å²) in [5, 5.41) is 6.45. The molecule has 1 aromatic rings. The molecule has 2 N–H and O–H groups in total. The van der Waals surface area contributed by atoms with E-state index in [9.17, 15) is 9.59 Å². The molecule has 2 amide bonds. The van der Waals surface area contributed by atoms with Gasteiger partial charge < -0.3 is 20.1 Å². The standard InChI is InChI=1S/C21H29N3O4/c1-14-4-3-5-17(22-14)18(25)23-20-9-15-8-16(10-20)12-21(11-15,13-20)24-19(26)28-7-6-27-2/h3-5,15-16H,6-13H2,1-2H3,(H,23,25)(H,24,26). The zero-order valence-corrected chi connectivity index (χ0v) is 16.6. The first-order valence-electron chi connectivity index (χ1n) is 10.1. The third-order valence-corrected chi connectivity index (χ3v) is 6.45. The number of carbonyl (C=O) groups is 2. The Morgan fingerprint density at radius 1 is 1.11 bits per heavy atom. The zero-order valence-electron chi connectivity index (χ0n) is 16.6. The van der Waals surface area contributed by atoms with E-state index in [2.05, 4.69) is 15.6 Å². The number of nitrogens with one attached hydrogen (secondary N) is 2. The Balaban J connectivity index is 1.48. The van der Waals surface area contributed by atoms with Gasteiger partial charge in [0.2, 0.25) is 0 Å². The number of hydrogen-bond donors (Lipinski definition) is 2. The zero-order chi connectivity index (χ0) is 19.8. The molecule has 2 unspecified atom stereocenters. The van der Waals surface area contributed by atoms with Gasteiger partial charge in [0, 0.05) is 23.9 Å². The highest BCUT2D eigenvalue weighted by Crippen LogP contribution is 2.57. The summed E-state index contributed by atoms with van der Waals surface area (Å²) < 4.78 is 10.2. The highest BCUT2D eigenvalue weighted by molar-refractivity contribution is 5.92. The van der Waals surface area contributed by atoms with Gasteiger partial charge in [-0.05, 0) is 69.4 Å². The van der Waals surface area contributed by atoms with Crippen molar-refractivity contribution in [3.05, 3.63) is 29.6 Å². The summed E-state index contributed by atoms with van der Waals surface area (Å²) in [5.41, 5.74) is 0.723. The molecule has 7 nitrogen and oxygen atoms in total. The van der Waals surface area contributed by atoms with Crippen LogP contribution in [-0.2, 0) is 9.47 Å². The van der Waals surface area contributed by atoms with Crippen molar-refractivity contribution in [3.63, 3.8) is 0 Å². The summed E-state index contributed by atoms with van der Waals surface area (Å²) in [6, 6.07) is 5.50. The summed E-state index contributed by atoms with van der Waals surface area (Å²) >= 11 is 0. The summed E-state index contributed by atoms with van der Waals surface area (Å²) in [4.78, 5) is 29.5. The van der Waals surface area contributed by atoms with Crippen LogP contribution in [-0.4, -0.2) is 48.4 Å². The van der Waals surface area contributed by atoms with E-state index in [0.29, 0.717) is 24.1 Å². The Morgan fingerprint density at radius 2 is 1.79 bits per heavy atom. The SMILES string of the molecule is COCCOC(=O)NC12CC3CC(C1)CC(NC(=O)c1cccc(C)n1)(C3)C2. The molecule has 0 spiro atoms. The first kappa shape index (κ1) is 19.2. The van der Waals surface area contributed by atoms with Gasteiger partial charge >= 0.3 is 6.09 Å². The molecule has 4 bridgehead atoms. The Hall–Kier alpha value is -2.15. The van der Waals surface area contributed by atoms with E-state index in [1.54, 1.807) is 13.2 Å². The van der Waals surface area contributed by atoms with Gasteiger partial charge in [0.25, 0.3) is 5.91 Å². The fourth-order valence-corrected chi connectivity index (χ4v) is 6.00.